The molecule has 2 nitrogen and oxygen atoms in total. The Kier molecular flexibility index (Phi) is 3.23. The predicted octanol–water partition coefficient (Wildman–Crippen LogP) is 1.93. The molecular weight excluding hydrogens is 162 g/mol. The highest BCUT2D eigenvalue weighted by atomic mass is 16.5. The minimum Gasteiger partial charge on any atom is -0.378 e. The van der Waals surface area contributed by atoms with Crippen molar-refractivity contribution in [1.29, 1.82) is 0 Å². The first-order valence-electron chi connectivity index (χ1n) is 5.72. The summed E-state index contributed by atoms with van der Waals surface area (Å²) in [5.74, 6) is 1.65. The van der Waals surface area contributed by atoms with Gasteiger partial charge in [-0.2, -0.15) is 0 Å². The van der Waals surface area contributed by atoms with Gasteiger partial charge < -0.3 is 10.5 Å². The van der Waals surface area contributed by atoms with E-state index >= 15 is 0 Å². The summed E-state index contributed by atoms with van der Waals surface area (Å²) in [7, 11) is 0. The number of nitrogens with two attached hydrogens (primary N) is 1. The average molecular weight is 183 g/mol. The summed E-state index contributed by atoms with van der Waals surface area (Å²) in [6.07, 6.45) is 8.49. The minimum atomic E-state index is 0.490. The Morgan fingerprint density at radius 3 is 2.69 bits per heavy atom. The molecular formula is C11H21NO. The maximum Gasteiger partial charge on any atom is 0.0615 e. The van der Waals surface area contributed by atoms with Gasteiger partial charge in [0.2, 0.25) is 0 Å². The second-order valence-electron chi connectivity index (χ2n) is 4.57. The molecule has 2 atom stereocenters. The molecule has 2 heteroatoms. The highest BCUT2D eigenvalue weighted by Gasteiger charge is 2.27. The van der Waals surface area contributed by atoms with E-state index in [4.69, 9.17) is 10.5 Å². The van der Waals surface area contributed by atoms with Crippen molar-refractivity contribution in [2.24, 2.45) is 17.6 Å². The summed E-state index contributed by atoms with van der Waals surface area (Å²) in [5.41, 5.74) is 5.69. The van der Waals surface area contributed by atoms with E-state index in [2.05, 4.69) is 0 Å². The Labute approximate surface area is 80.8 Å². The SMILES string of the molecule is NCC1CCCC1OCCC1CC1. The molecule has 2 aliphatic rings. The molecule has 0 aromatic carbocycles. The molecule has 13 heavy (non-hydrogen) atoms. The van der Waals surface area contributed by atoms with Gasteiger partial charge in [-0.25, -0.2) is 0 Å². The molecule has 0 bridgehead atoms. The molecule has 0 aromatic rings. The van der Waals surface area contributed by atoms with Crippen molar-refractivity contribution >= 4 is 0 Å². The Hall–Kier alpha value is -0.0800. The van der Waals surface area contributed by atoms with Crippen LogP contribution in [-0.2, 0) is 4.74 Å². The summed E-state index contributed by atoms with van der Waals surface area (Å²) in [6.45, 7) is 1.79. The van der Waals surface area contributed by atoms with Gasteiger partial charge in [0.15, 0.2) is 0 Å². The van der Waals surface area contributed by atoms with E-state index in [1.165, 1.54) is 38.5 Å². The van der Waals surface area contributed by atoms with Gasteiger partial charge >= 0.3 is 0 Å². The molecule has 0 aromatic heterocycles. The number of rotatable bonds is 5. The normalized spacial score (nSPS) is 33.9. The van der Waals surface area contributed by atoms with Crippen LogP contribution in [0.5, 0.6) is 0 Å². The van der Waals surface area contributed by atoms with Gasteiger partial charge in [0.05, 0.1) is 6.10 Å². The quantitative estimate of drug-likeness (QED) is 0.707. The second-order valence-corrected chi connectivity index (χ2v) is 4.57. The fourth-order valence-electron chi connectivity index (χ4n) is 2.28. The molecule has 2 saturated carbocycles. The summed E-state index contributed by atoms with van der Waals surface area (Å²) >= 11 is 0. The molecule has 2 fully saturated rings. The van der Waals surface area contributed by atoms with E-state index in [-0.39, 0.29) is 0 Å². The monoisotopic (exact) mass is 183 g/mol. The van der Waals surface area contributed by atoms with Crippen LogP contribution in [0.4, 0.5) is 0 Å². The zero-order valence-electron chi connectivity index (χ0n) is 8.37. The summed E-state index contributed by atoms with van der Waals surface area (Å²) in [5, 5.41) is 0. The van der Waals surface area contributed by atoms with Crippen LogP contribution in [0.2, 0.25) is 0 Å². The van der Waals surface area contributed by atoms with Crippen molar-refractivity contribution in [3.05, 3.63) is 0 Å². The fraction of sp³-hybridized carbons (Fsp3) is 1.00. The summed E-state index contributed by atoms with van der Waals surface area (Å²) in [4.78, 5) is 0. The second kappa shape index (κ2) is 4.43. The third-order valence-electron chi connectivity index (χ3n) is 3.45. The molecule has 0 aliphatic heterocycles. The molecule has 76 valence electrons. The van der Waals surface area contributed by atoms with Crippen LogP contribution < -0.4 is 5.73 Å². The molecule has 0 radical (unpaired) electrons. The lowest BCUT2D eigenvalue weighted by atomic mass is 10.1. The van der Waals surface area contributed by atoms with Gasteiger partial charge in [0.1, 0.15) is 0 Å². The lowest BCUT2D eigenvalue weighted by molar-refractivity contribution is 0.0268. The fourth-order valence-corrected chi connectivity index (χ4v) is 2.28. The van der Waals surface area contributed by atoms with Crippen molar-refractivity contribution in [1.82, 2.24) is 0 Å². The average Bonchev–Trinajstić information content (AvgIpc) is 2.84. The lowest BCUT2D eigenvalue weighted by Crippen LogP contribution is -2.25. The van der Waals surface area contributed by atoms with Crippen molar-refractivity contribution in [2.45, 2.75) is 44.6 Å². The van der Waals surface area contributed by atoms with E-state index < -0.39 is 0 Å². The highest BCUT2D eigenvalue weighted by molar-refractivity contribution is 4.79. The molecule has 2 rings (SSSR count). The topological polar surface area (TPSA) is 35.2 Å². The van der Waals surface area contributed by atoms with Crippen molar-refractivity contribution in [3.63, 3.8) is 0 Å². The van der Waals surface area contributed by atoms with Crippen LogP contribution in [0, 0.1) is 11.8 Å². The number of hydrogen-bond donors (Lipinski definition) is 1. The first kappa shape index (κ1) is 9.47. The largest absolute Gasteiger partial charge is 0.378 e. The van der Waals surface area contributed by atoms with E-state index in [1.807, 2.05) is 0 Å². The minimum absolute atomic E-state index is 0.490. The summed E-state index contributed by atoms with van der Waals surface area (Å²) < 4.78 is 5.88. The molecule has 0 saturated heterocycles. The van der Waals surface area contributed by atoms with Gasteiger partial charge in [-0.15, -0.1) is 0 Å². The van der Waals surface area contributed by atoms with Crippen LogP contribution in [0.3, 0.4) is 0 Å². The van der Waals surface area contributed by atoms with E-state index in [9.17, 15) is 0 Å². The van der Waals surface area contributed by atoms with Gasteiger partial charge in [0.25, 0.3) is 0 Å². The van der Waals surface area contributed by atoms with Crippen LogP contribution in [0.1, 0.15) is 38.5 Å². The zero-order valence-corrected chi connectivity index (χ0v) is 8.37. The molecule has 2 unspecified atom stereocenters. The van der Waals surface area contributed by atoms with Crippen LogP contribution in [0.25, 0.3) is 0 Å². The lowest BCUT2D eigenvalue weighted by Gasteiger charge is -2.18. The Bertz CT molecular complexity index is 156. The van der Waals surface area contributed by atoms with Crippen LogP contribution in [-0.4, -0.2) is 19.3 Å². The van der Waals surface area contributed by atoms with Gasteiger partial charge in [-0.05, 0) is 37.6 Å². The van der Waals surface area contributed by atoms with E-state index in [0.717, 1.165) is 19.1 Å². The molecule has 2 N–H and O–H groups in total. The Balaban J connectivity index is 1.61. The maximum atomic E-state index is 5.88. The molecule has 0 amide bonds. The van der Waals surface area contributed by atoms with Crippen LogP contribution >= 0.6 is 0 Å². The first-order valence-corrected chi connectivity index (χ1v) is 5.72. The van der Waals surface area contributed by atoms with Gasteiger partial charge in [-0.1, -0.05) is 19.3 Å². The Morgan fingerprint density at radius 2 is 2.00 bits per heavy atom. The van der Waals surface area contributed by atoms with Crippen LogP contribution in [0.15, 0.2) is 0 Å². The number of ether oxygens (including phenoxy) is 1. The standard InChI is InChI=1S/C11H21NO/c12-8-10-2-1-3-11(10)13-7-6-9-4-5-9/h9-11H,1-8,12H2. The van der Waals surface area contributed by atoms with Crippen molar-refractivity contribution < 1.29 is 4.74 Å². The first-order chi connectivity index (χ1) is 6.40. The highest BCUT2D eigenvalue weighted by Crippen LogP contribution is 2.33. The molecule has 0 spiro atoms. The third kappa shape index (κ3) is 2.68. The third-order valence-corrected chi connectivity index (χ3v) is 3.45. The maximum absolute atomic E-state index is 5.88. The molecule has 0 heterocycles. The van der Waals surface area contributed by atoms with E-state index in [0.29, 0.717) is 12.0 Å². The van der Waals surface area contributed by atoms with Gasteiger partial charge in [-0.3, -0.25) is 0 Å². The van der Waals surface area contributed by atoms with Crippen molar-refractivity contribution in [3.8, 4) is 0 Å². The molecule has 2 aliphatic carbocycles. The zero-order chi connectivity index (χ0) is 9.10. The van der Waals surface area contributed by atoms with Gasteiger partial charge in [0, 0.05) is 6.61 Å². The van der Waals surface area contributed by atoms with Crippen molar-refractivity contribution in [2.75, 3.05) is 13.2 Å². The predicted molar refractivity (Wildman–Crippen MR) is 53.5 cm³/mol. The summed E-state index contributed by atoms with van der Waals surface area (Å²) in [6, 6.07) is 0. The smallest absolute Gasteiger partial charge is 0.0615 e. The Morgan fingerprint density at radius 1 is 1.15 bits per heavy atom. The van der Waals surface area contributed by atoms with E-state index in [1.54, 1.807) is 0 Å². The number of hydrogen-bond acceptors (Lipinski definition) is 2.